The molecule has 150 valence electrons. The zero-order valence-corrected chi connectivity index (χ0v) is 16.9. The molecule has 0 bridgehead atoms. The van der Waals surface area contributed by atoms with Crippen molar-refractivity contribution in [2.45, 2.75) is 0 Å². The molecule has 3 aromatic rings. The monoisotopic (exact) mass is 581 g/mol. The van der Waals surface area contributed by atoms with E-state index < -0.39 is 23.5 Å². The van der Waals surface area contributed by atoms with Crippen LogP contribution in [0.1, 0.15) is 0 Å². The zero-order valence-electron chi connectivity index (χ0n) is 14.5. The molecule has 0 radical (unpaired) electrons. The summed E-state index contributed by atoms with van der Waals surface area (Å²) in [5, 5.41) is 5.05. The third-order valence-corrected chi connectivity index (χ3v) is 3.18. The summed E-state index contributed by atoms with van der Waals surface area (Å²) in [7, 11) is 1.73. The van der Waals surface area contributed by atoms with E-state index in [1.807, 2.05) is 0 Å². The molecule has 2 aromatic heterocycles. The maximum Gasteiger partial charge on any atom is 3.00 e. The number of anilines is 1. The average Bonchev–Trinajstić information content (AvgIpc) is 3.09. The molecule has 0 amide bonds. The van der Waals surface area contributed by atoms with Crippen molar-refractivity contribution in [1.29, 1.82) is 0 Å². The Bertz CT molecular complexity index is 991. The Morgan fingerprint density at radius 1 is 1.03 bits per heavy atom. The molecule has 4 rings (SSSR count). The van der Waals surface area contributed by atoms with Crippen molar-refractivity contribution in [3.63, 3.8) is 0 Å². The van der Waals surface area contributed by atoms with Crippen LogP contribution in [-0.2, 0) is 20.1 Å². The van der Waals surface area contributed by atoms with Gasteiger partial charge in [0.05, 0.1) is 18.1 Å². The minimum atomic E-state index is -0.936. The van der Waals surface area contributed by atoms with Crippen LogP contribution >= 0.6 is 0 Å². The summed E-state index contributed by atoms with van der Waals surface area (Å²) in [6.07, 6.45) is 3.95. The predicted molar refractivity (Wildman–Crippen MR) is 90.0 cm³/mol. The van der Waals surface area contributed by atoms with Gasteiger partial charge in [-0.3, -0.25) is 27.5 Å². The van der Waals surface area contributed by atoms with Gasteiger partial charge in [0.1, 0.15) is 18.6 Å². The van der Waals surface area contributed by atoms with E-state index in [1.54, 1.807) is 11.9 Å². The smallest absolute Gasteiger partial charge is 0.493 e. The van der Waals surface area contributed by atoms with Crippen LogP contribution in [0.2, 0.25) is 0 Å². The van der Waals surface area contributed by atoms with Crippen LogP contribution in [-0.4, -0.2) is 38.2 Å². The van der Waals surface area contributed by atoms with Gasteiger partial charge in [-0.15, -0.1) is 24.9 Å². The Morgan fingerprint density at radius 3 is 2.34 bits per heavy atom. The summed E-state index contributed by atoms with van der Waals surface area (Å²) in [4.78, 5) is 15.7. The molecule has 29 heavy (non-hydrogen) atoms. The molecule has 0 N–H and O–H groups in total. The van der Waals surface area contributed by atoms with Gasteiger partial charge in [-0.25, -0.2) is 4.98 Å². The Hall–Kier alpha value is -2.98. The van der Waals surface area contributed by atoms with E-state index in [1.165, 1.54) is 30.7 Å². The van der Waals surface area contributed by atoms with Crippen LogP contribution in [0.5, 0.6) is 0 Å². The van der Waals surface area contributed by atoms with Crippen molar-refractivity contribution in [2.24, 2.45) is 5.10 Å². The van der Waals surface area contributed by atoms with Crippen LogP contribution in [0.25, 0.3) is 11.4 Å². The van der Waals surface area contributed by atoms with E-state index in [2.05, 4.69) is 37.2 Å². The Balaban J connectivity index is 0.000000200. The first kappa shape index (κ1) is 22.3. The Labute approximate surface area is 176 Å². The minimum absolute atomic E-state index is 0. The first-order valence-electron chi connectivity index (χ1n) is 7.57. The summed E-state index contributed by atoms with van der Waals surface area (Å²) in [6, 6.07) is 7.58. The van der Waals surface area contributed by atoms with E-state index in [0.29, 0.717) is 0 Å². The molecule has 0 unspecified atom stereocenters. The molecule has 1 aliphatic rings. The number of hydrogen-bond acceptors (Lipinski definition) is 7. The molecule has 7 nitrogen and oxygen atoms in total. The van der Waals surface area contributed by atoms with Crippen LogP contribution in [0.15, 0.2) is 36.0 Å². The molecule has 0 saturated carbocycles. The number of hydrogen-bond donors (Lipinski definition) is 0. The van der Waals surface area contributed by atoms with E-state index in [9.17, 15) is 17.6 Å². The van der Waals surface area contributed by atoms with E-state index in [0.717, 1.165) is 18.2 Å². The molecule has 12 heteroatoms. The van der Waals surface area contributed by atoms with Crippen LogP contribution in [0.3, 0.4) is 0 Å². The van der Waals surface area contributed by atoms with Gasteiger partial charge in [0.25, 0.3) is 0 Å². The molecule has 0 spiro atoms. The van der Waals surface area contributed by atoms with Crippen molar-refractivity contribution in [3.05, 3.63) is 73.2 Å². The van der Waals surface area contributed by atoms with E-state index in [4.69, 9.17) is 0 Å². The molecular weight excluding hydrogens is 570 g/mol. The van der Waals surface area contributed by atoms with Gasteiger partial charge in [-0.1, -0.05) is 11.6 Å². The van der Waals surface area contributed by atoms with Gasteiger partial charge in [0.2, 0.25) is 0 Å². The van der Waals surface area contributed by atoms with Crippen molar-refractivity contribution < 1.29 is 37.7 Å². The number of hydrazone groups is 1. The summed E-state index contributed by atoms with van der Waals surface area (Å²) in [5.74, 6) is -3.12. The summed E-state index contributed by atoms with van der Waals surface area (Å²) < 4.78 is 51.2. The fraction of sp³-hybridized carbons (Fsp3) is 0.0588. The third-order valence-electron chi connectivity index (χ3n) is 3.18. The Kier molecular flexibility index (Phi) is 7.68. The summed E-state index contributed by atoms with van der Waals surface area (Å²) in [6.45, 7) is 1.52. The fourth-order valence-corrected chi connectivity index (χ4v) is 2.00. The van der Waals surface area contributed by atoms with Crippen molar-refractivity contribution in [1.82, 2.24) is 24.8 Å². The van der Waals surface area contributed by atoms with Gasteiger partial charge in [-0.05, 0) is 12.7 Å². The molecule has 0 aliphatic carbocycles. The molecule has 3 heterocycles. The van der Waals surface area contributed by atoms with Gasteiger partial charge in [0, 0.05) is 11.6 Å². The van der Waals surface area contributed by atoms with E-state index in [-0.39, 0.29) is 37.2 Å². The molecule has 1 aromatic carbocycles. The van der Waals surface area contributed by atoms with E-state index >= 15 is 0 Å². The summed E-state index contributed by atoms with van der Waals surface area (Å²) in [5.41, 5.74) is 0.0285. The normalized spacial score (nSPS) is 12.3. The quantitative estimate of drug-likeness (QED) is 0.264. The third kappa shape index (κ3) is 5.75. The SMILES string of the molecule is CN1C=NN(c2[c-]cc(F)nc2F)[CH-]1.Fc1c[c-]c(-c2ncncn2)c(F)c1.[Ir+3]. The fourth-order valence-electron chi connectivity index (χ4n) is 2.00. The van der Waals surface area contributed by atoms with Crippen LogP contribution in [0.4, 0.5) is 23.2 Å². The molecule has 1 aliphatic heterocycles. The zero-order chi connectivity index (χ0) is 20.1. The maximum atomic E-state index is 13.2. The van der Waals surface area contributed by atoms with Crippen LogP contribution in [0, 0.1) is 42.3 Å². The number of pyridine rings is 1. The second-order valence-electron chi connectivity index (χ2n) is 5.22. The van der Waals surface area contributed by atoms with Gasteiger partial charge >= 0.3 is 20.1 Å². The standard InChI is InChI=1S/C9H4F2N3.C8H6F2N4.Ir/c10-6-1-2-7(8(11)3-6)9-13-4-12-5-14-9;1-13-4-11-14(5-13)6-2-3-7(9)12-8(6)10;/h1,3-5H;3-5H,1H3;/q-1;-2;+3. The second-order valence-corrected chi connectivity index (χ2v) is 5.22. The maximum absolute atomic E-state index is 13.2. The van der Waals surface area contributed by atoms with Gasteiger partial charge in [-0.2, -0.15) is 11.2 Å². The predicted octanol–water partition coefficient (Wildman–Crippen LogP) is 2.59. The number of aromatic nitrogens is 4. The van der Waals surface area contributed by atoms with Crippen molar-refractivity contribution >= 4 is 12.0 Å². The van der Waals surface area contributed by atoms with Crippen molar-refractivity contribution in [2.75, 3.05) is 12.1 Å². The number of benzene rings is 1. The van der Waals surface area contributed by atoms with Gasteiger partial charge < -0.3 is 14.9 Å². The number of nitrogens with zero attached hydrogens (tertiary/aromatic N) is 7. The average molecular weight is 581 g/mol. The number of halogens is 4. The minimum Gasteiger partial charge on any atom is -0.493 e. The molecular formula is C17H10F4IrN7. The molecule has 0 saturated heterocycles. The second kappa shape index (κ2) is 9.99. The molecule has 0 fully saturated rings. The largest absolute Gasteiger partial charge is 3.00 e. The van der Waals surface area contributed by atoms with Gasteiger partial charge in [0.15, 0.2) is 0 Å². The first-order chi connectivity index (χ1) is 13.4. The Morgan fingerprint density at radius 2 is 1.76 bits per heavy atom. The van der Waals surface area contributed by atoms with Crippen molar-refractivity contribution in [3.8, 4) is 11.4 Å². The topological polar surface area (TPSA) is 70.4 Å². The summed E-state index contributed by atoms with van der Waals surface area (Å²) >= 11 is 0. The van der Waals surface area contributed by atoms with Crippen LogP contribution < -0.4 is 5.01 Å². The first-order valence-corrected chi connectivity index (χ1v) is 7.57. The molecule has 0 atom stereocenters. The number of rotatable bonds is 2.